The first kappa shape index (κ1) is 15.1. The van der Waals surface area contributed by atoms with Gasteiger partial charge in [0, 0.05) is 13.1 Å². The summed E-state index contributed by atoms with van der Waals surface area (Å²) in [6, 6.07) is 2.92. The van der Waals surface area contributed by atoms with Gasteiger partial charge in [0.2, 0.25) is 0 Å². The number of fused-ring (bicyclic) bond motifs is 1. The molecule has 0 saturated carbocycles. The molecule has 17 heavy (non-hydrogen) atoms. The van der Waals surface area contributed by atoms with Crippen LogP contribution in [0.25, 0.3) is 11.0 Å². The molecular weight excluding hydrogens is 218 g/mol. The molecule has 0 aliphatic rings. The third-order valence-corrected chi connectivity index (χ3v) is 1.91. The van der Waals surface area contributed by atoms with Crippen LogP contribution in [0, 0.1) is 0 Å². The van der Waals surface area contributed by atoms with Gasteiger partial charge in [0.25, 0.3) is 11.1 Å². The molecule has 94 valence electrons. The highest BCUT2D eigenvalue weighted by atomic mass is 16.1. The fourth-order valence-corrected chi connectivity index (χ4v) is 1.22. The number of pyridine rings is 1. The molecule has 0 amide bonds. The molecule has 0 aliphatic carbocycles. The minimum absolute atomic E-state index is 0.217. The van der Waals surface area contributed by atoms with Crippen LogP contribution >= 0.6 is 0 Å². The van der Waals surface area contributed by atoms with E-state index in [0.29, 0.717) is 11.0 Å². The van der Waals surface area contributed by atoms with Gasteiger partial charge in [-0.1, -0.05) is 27.7 Å². The van der Waals surface area contributed by atoms with Gasteiger partial charge in [0.15, 0.2) is 0 Å². The molecule has 1 N–H and O–H groups in total. The standard InChI is InChI=1S/C8H7N3O2.2C2H6/c1-11-6(12)3-2-5-7(11)8(13)10-4-9-5;2*1-2/h2-4H,1H3,(H,9,10,13);2*1-2H3. The van der Waals surface area contributed by atoms with Crippen LogP contribution in [-0.4, -0.2) is 14.5 Å². The fraction of sp³-hybridized carbons (Fsp3) is 0.417. The number of aryl methyl sites for hydroxylation is 1. The lowest BCUT2D eigenvalue weighted by Gasteiger charge is -2.00. The van der Waals surface area contributed by atoms with Crippen LogP contribution in [0.1, 0.15) is 27.7 Å². The molecule has 0 aromatic carbocycles. The maximum atomic E-state index is 11.3. The summed E-state index contributed by atoms with van der Waals surface area (Å²) in [5, 5.41) is 0. The van der Waals surface area contributed by atoms with Crippen LogP contribution in [0.4, 0.5) is 0 Å². The van der Waals surface area contributed by atoms with E-state index in [4.69, 9.17) is 0 Å². The summed E-state index contributed by atoms with van der Waals surface area (Å²) >= 11 is 0. The quantitative estimate of drug-likeness (QED) is 0.758. The Labute approximate surface area is 100 Å². The lowest BCUT2D eigenvalue weighted by molar-refractivity contribution is 0.890. The zero-order valence-electron chi connectivity index (χ0n) is 10.9. The largest absolute Gasteiger partial charge is 0.311 e. The second kappa shape index (κ2) is 7.38. The third-order valence-electron chi connectivity index (χ3n) is 1.91. The zero-order chi connectivity index (χ0) is 13.4. The van der Waals surface area contributed by atoms with Gasteiger partial charge in [-0.2, -0.15) is 0 Å². The van der Waals surface area contributed by atoms with Crippen LogP contribution in [0.15, 0.2) is 28.0 Å². The molecule has 2 aromatic rings. The molecule has 2 aromatic heterocycles. The van der Waals surface area contributed by atoms with Gasteiger partial charge >= 0.3 is 0 Å². The van der Waals surface area contributed by atoms with Crippen molar-refractivity contribution in [1.82, 2.24) is 14.5 Å². The second-order valence-corrected chi connectivity index (χ2v) is 2.70. The summed E-state index contributed by atoms with van der Waals surface area (Å²) in [4.78, 5) is 28.8. The monoisotopic (exact) mass is 237 g/mol. The van der Waals surface area contributed by atoms with Gasteiger partial charge < -0.3 is 9.55 Å². The van der Waals surface area contributed by atoms with E-state index in [-0.39, 0.29) is 11.1 Å². The van der Waals surface area contributed by atoms with Gasteiger partial charge in [-0.25, -0.2) is 4.98 Å². The molecule has 0 aliphatic heterocycles. The van der Waals surface area contributed by atoms with E-state index in [1.54, 1.807) is 7.05 Å². The molecule has 0 spiro atoms. The Bertz CT molecular complexity index is 570. The van der Waals surface area contributed by atoms with Crippen molar-refractivity contribution in [3.63, 3.8) is 0 Å². The summed E-state index contributed by atoms with van der Waals surface area (Å²) in [6.45, 7) is 8.00. The van der Waals surface area contributed by atoms with Gasteiger partial charge in [0.1, 0.15) is 5.52 Å². The first-order valence-electron chi connectivity index (χ1n) is 5.73. The van der Waals surface area contributed by atoms with Crippen LogP contribution < -0.4 is 11.1 Å². The number of nitrogens with one attached hydrogen (secondary N) is 1. The molecule has 2 rings (SSSR count). The van der Waals surface area contributed by atoms with E-state index in [1.807, 2.05) is 27.7 Å². The summed E-state index contributed by atoms with van der Waals surface area (Å²) in [5.74, 6) is 0. The van der Waals surface area contributed by atoms with Crippen molar-refractivity contribution in [3.05, 3.63) is 39.2 Å². The van der Waals surface area contributed by atoms with Crippen molar-refractivity contribution in [3.8, 4) is 0 Å². The van der Waals surface area contributed by atoms with Crippen molar-refractivity contribution >= 4 is 11.0 Å². The highest BCUT2D eigenvalue weighted by Crippen LogP contribution is 1.99. The van der Waals surface area contributed by atoms with Gasteiger partial charge in [-0.15, -0.1) is 0 Å². The predicted molar refractivity (Wildman–Crippen MR) is 70.3 cm³/mol. The van der Waals surface area contributed by atoms with Crippen LogP contribution in [0.5, 0.6) is 0 Å². The maximum Gasteiger partial charge on any atom is 0.275 e. The molecule has 0 fully saturated rings. The van der Waals surface area contributed by atoms with E-state index in [0.717, 1.165) is 0 Å². The number of hydrogen-bond donors (Lipinski definition) is 1. The Morgan fingerprint density at radius 2 is 1.71 bits per heavy atom. The Hall–Kier alpha value is -1.91. The van der Waals surface area contributed by atoms with E-state index in [9.17, 15) is 9.59 Å². The molecule has 0 atom stereocenters. The molecular formula is C12H19N3O2. The number of hydrogen-bond acceptors (Lipinski definition) is 3. The number of aromatic nitrogens is 3. The molecule has 0 unspecified atom stereocenters. The van der Waals surface area contributed by atoms with Crippen molar-refractivity contribution < 1.29 is 0 Å². The number of nitrogens with zero attached hydrogens (tertiary/aromatic N) is 2. The minimum Gasteiger partial charge on any atom is -0.311 e. The smallest absolute Gasteiger partial charge is 0.275 e. The van der Waals surface area contributed by atoms with Crippen LogP contribution in [0.3, 0.4) is 0 Å². The zero-order valence-corrected chi connectivity index (χ0v) is 10.9. The van der Waals surface area contributed by atoms with E-state index >= 15 is 0 Å². The Morgan fingerprint density at radius 1 is 1.12 bits per heavy atom. The number of aromatic amines is 1. The third kappa shape index (κ3) is 3.27. The highest BCUT2D eigenvalue weighted by molar-refractivity contribution is 5.72. The Balaban J connectivity index is 0.000000581. The van der Waals surface area contributed by atoms with Gasteiger partial charge in [-0.3, -0.25) is 9.59 Å². The van der Waals surface area contributed by atoms with E-state index in [2.05, 4.69) is 9.97 Å². The van der Waals surface area contributed by atoms with Crippen LogP contribution in [0.2, 0.25) is 0 Å². The lowest BCUT2D eigenvalue weighted by atomic mass is 10.3. The summed E-state index contributed by atoms with van der Waals surface area (Å²) < 4.78 is 1.28. The fourth-order valence-electron chi connectivity index (χ4n) is 1.22. The lowest BCUT2D eigenvalue weighted by Crippen LogP contribution is -2.22. The summed E-state index contributed by atoms with van der Waals surface area (Å²) in [6.07, 6.45) is 1.31. The number of rotatable bonds is 0. The van der Waals surface area contributed by atoms with E-state index in [1.165, 1.54) is 23.0 Å². The van der Waals surface area contributed by atoms with Crippen molar-refractivity contribution in [2.75, 3.05) is 0 Å². The first-order valence-corrected chi connectivity index (χ1v) is 5.73. The Kier molecular flexibility index (Phi) is 6.55. The first-order chi connectivity index (χ1) is 8.20. The second-order valence-electron chi connectivity index (χ2n) is 2.70. The minimum atomic E-state index is -0.301. The summed E-state index contributed by atoms with van der Waals surface area (Å²) in [7, 11) is 1.54. The molecule has 2 heterocycles. The molecule has 0 bridgehead atoms. The van der Waals surface area contributed by atoms with Gasteiger partial charge in [-0.05, 0) is 6.07 Å². The Morgan fingerprint density at radius 3 is 2.29 bits per heavy atom. The SMILES string of the molecule is CC.CC.Cn1c(=O)ccc2nc[nH]c(=O)c21. The summed E-state index contributed by atoms with van der Waals surface area (Å²) in [5.41, 5.74) is 0.303. The highest BCUT2D eigenvalue weighted by Gasteiger charge is 2.02. The number of H-pyrrole nitrogens is 1. The normalized spacial score (nSPS) is 8.76. The van der Waals surface area contributed by atoms with Crippen molar-refractivity contribution in [1.29, 1.82) is 0 Å². The molecule has 5 nitrogen and oxygen atoms in total. The van der Waals surface area contributed by atoms with Crippen molar-refractivity contribution in [2.24, 2.45) is 7.05 Å². The topological polar surface area (TPSA) is 67.8 Å². The van der Waals surface area contributed by atoms with Gasteiger partial charge in [0.05, 0.1) is 11.8 Å². The predicted octanol–water partition coefficient (Wildman–Crippen LogP) is 1.67. The van der Waals surface area contributed by atoms with Crippen LogP contribution in [-0.2, 0) is 7.05 Å². The van der Waals surface area contributed by atoms with Crippen molar-refractivity contribution in [2.45, 2.75) is 27.7 Å². The maximum absolute atomic E-state index is 11.3. The molecule has 0 radical (unpaired) electrons. The average Bonchev–Trinajstić information content (AvgIpc) is 2.39. The van der Waals surface area contributed by atoms with E-state index < -0.39 is 0 Å². The molecule has 0 saturated heterocycles. The average molecular weight is 237 g/mol. The molecule has 5 heteroatoms.